The number of carbonyl (C=O) groups is 1. The third kappa shape index (κ3) is 3.11. The standard InChI is InChI=1S/C13H10BO3/c15-9-17-13-7-3-11(4-8-13)14-10-1-5-12(16)6-2-10/h1-9,16H. The first-order chi connectivity index (χ1) is 8.28. The Morgan fingerprint density at radius 1 is 0.941 bits per heavy atom. The molecule has 0 atom stereocenters. The predicted molar refractivity (Wildman–Crippen MR) is 66.3 cm³/mol. The van der Waals surface area contributed by atoms with Crippen LogP contribution in [0.2, 0.25) is 0 Å². The molecule has 0 bridgehead atoms. The van der Waals surface area contributed by atoms with Crippen LogP contribution >= 0.6 is 0 Å². The second-order valence-electron chi connectivity index (χ2n) is 3.52. The van der Waals surface area contributed by atoms with E-state index in [-0.39, 0.29) is 5.75 Å². The molecule has 0 aromatic heterocycles. The number of benzene rings is 2. The van der Waals surface area contributed by atoms with E-state index in [0.717, 1.165) is 10.9 Å². The zero-order valence-electron chi connectivity index (χ0n) is 9.04. The topological polar surface area (TPSA) is 46.5 Å². The highest BCUT2D eigenvalue weighted by molar-refractivity contribution is 6.67. The molecule has 3 nitrogen and oxygen atoms in total. The Hall–Kier alpha value is -2.23. The monoisotopic (exact) mass is 225 g/mol. The Morgan fingerprint density at radius 3 is 2.00 bits per heavy atom. The zero-order valence-corrected chi connectivity index (χ0v) is 9.04. The van der Waals surface area contributed by atoms with E-state index in [4.69, 9.17) is 9.84 Å². The fourth-order valence-electron chi connectivity index (χ4n) is 1.46. The average Bonchev–Trinajstić information content (AvgIpc) is 2.35. The van der Waals surface area contributed by atoms with E-state index in [1.807, 2.05) is 31.5 Å². The van der Waals surface area contributed by atoms with Gasteiger partial charge in [-0.1, -0.05) is 35.2 Å². The normalized spacial score (nSPS) is 9.65. The van der Waals surface area contributed by atoms with Gasteiger partial charge in [-0.3, -0.25) is 4.79 Å². The van der Waals surface area contributed by atoms with E-state index in [2.05, 4.69) is 0 Å². The van der Waals surface area contributed by atoms with Gasteiger partial charge < -0.3 is 9.84 Å². The van der Waals surface area contributed by atoms with Gasteiger partial charge >= 0.3 is 0 Å². The van der Waals surface area contributed by atoms with Crippen molar-refractivity contribution in [2.75, 3.05) is 0 Å². The summed E-state index contributed by atoms with van der Waals surface area (Å²) in [6.07, 6.45) is 0. The van der Waals surface area contributed by atoms with Gasteiger partial charge in [0, 0.05) is 0 Å². The lowest BCUT2D eigenvalue weighted by atomic mass is 9.64. The molecule has 4 heteroatoms. The van der Waals surface area contributed by atoms with Crippen LogP contribution in [0.5, 0.6) is 11.5 Å². The number of hydrogen-bond acceptors (Lipinski definition) is 3. The highest BCUT2D eigenvalue weighted by Crippen LogP contribution is 2.06. The Morgan fingerprint density at radius 2 is 1.47 bits per heavy atom. The van der Waals surface area contributed by atoms with Crippen LogP contribution < -0.4 is 15.7 Å². The summed E-state index contributed by atoms with van der Waals surface area (Å²) in [5.41, 5.74) is 1.99. The highest BCUT2D eigenvalue weighted by Gasteiger charge is 2.00. The molecule has 0 spiro atoms. The molecule has 0 amide bonds. The molecule has 2 rings (SSSR count). The molecule has 0 aliphatic carbocycles. The van der Waals surface area contributed by atoms with Crippen LogP contribution in [0.25, 0.3) is 0 Å². The van der Waals surface area contributed by atoms with Crippen LogP contribution in [0.15, 0.2) is 48.5 Å². The lowest BCUT2D eigenvalue weighted by Gasteiger charge is -2.02. The van der Waals surface area contributed by atoms with Gasteiger partial charge in [-0.05, 0) is 24.3 Å². The first-order valence-corrected chi connectivity index (χ1v) is 5.12. The lowest BCUT2D eigenvalue weighted by molar-refractivity contribution is -0.120. The molecular formula is C13H10BO3. The van der Waals surface area contributed by atoms with E-state index in [0.29, 0.717) is 12.2 Å². The second-order valence-corrected chi connectivity index (χ2v) is 3.52. The number of aromatic hydroxyl groups is 1. The third-order valence-corrected chi connectivity index (χ3v) is 2.29. The number of phenolic OH excluding ortho intramolecular Hbond substituents is 1. The lowest BCUT2D eigenvalue weighted by Crippen LogP contribution is -2.26. The van der Waals surface area contributed by atoms with Gasteiger partial charge in [0.1, 0.15) is 11.5 Å². The first-order valence-electron chi connectivity index (χ1n) is 5.12. The molecule has 17 heavy (non-hydrogen) atoms. The van der Waals surface area contributed by atoms with Crippen molar-refractivity contribution in [1.29, 1.82) is 0 Å². The van der Waals surface area contributed by atoms with Gasteiger partial charge in [0.05, 0.1) is 0 Å². The van der Waals surface area contributed by atoms with Crippen molar-refractivity contribution < 1.29 is 14.6 Å². The summed E-state index contributed by atoms with van der Waals surface area (Å²) >= 11 is 0. The van der Waals surface area contributed by atoms with Crippen molar-refractivity contribution in [1.82, 2.24) is 0 Å². The Balaban J connectivity index is 2.08. The van der Waals surface area contributed by atoms with E-state index < -0.39 is 0 Å². The van der Waals surface area contributed by atoms with E-state index >= 15 is 0 Å². The Bertz CT molecular complexity index is 491. The fourth-order valence-corrected chi connectivity index (χ4v) is 1.46. The predicted octanol–water partition coefficient (Wildman–Crippen LogP) is 0.582. The maximum atomic E-state index is 10.1. The molecule has 0 heterocycles. The summed E-state index contributed by atoms with van der Waals surface area (Å²) in [7, 11) is 1.96. The van der Waals surface area contributed by atoms with Crippen LogP contribution in [0.3, 0.4) is 0 Å². The fraction of sp³-hybridized carbons (Fsp3) is 0. The van der Waals surface area contributed by atoms with Crippen LogP contribution in [0, 0.1) is 0 Å². The molecule has 0 aliphatic rings. The molecule has 0 unspecified atom stereocenters. The molecule has 1 radical (unpaired) electrons. The van der Waals surface area contributed by atoms with E-state index in [1.165, 1.54) is 0 Å². The minimum atomic E-state index is 0.247. The maximum Gasteiger partial charge on any atom is 0.298 e. The SMILES string of the molecule is O=COc1ccc([B]c2ccc(O)cc2)cc1. The van der Waals surface area contributed by atoms with Gasteiger partial charge in [-0.15, -0.1) is 0 Å². The maximum absolute atomic E-state index is 10.1. The van der Waals surface area contributed by atoms with Crippen molar-refractivity contribution >= 4 is 24.7 Å². The number of hydrogen-bond donors (Lipinski definition) is 1. The highest BCUT2D eigenvalue weighted by atomic mass is 16.5. The summed E-state index contributed by atoms with van der Waals surface area (Å²) in [6, 6.07) is 14.1. The van der Waals surface area contributed by atoms with Crippen molar-refractivity contribution in [3.63, 3.8) is 0 Å². The van der Waals surface area contributed by atoms with Crippen molar-refractivity contribution in [3.8, 4) is 11.5 Å². The van der Waals surface area contributed by atoms with Crippen LogP contribution in [-0.2, 0) is 4.79 Å². The van der Waals surface area contributed by atoms with Gasteiger partial charge in [-0.2, -0.15) is 0 Å². The molecule has 0 saturated carbocycles. The molecule has 2 aromatic rings. The van der Waals surface area contributed by atoms with Crippen molar-refractivity contribution in [3.05, 3.63) is 48.5 Å². The first kappa shape index (κ1) is 11.3. The van der Waals surface area contributed by atoms with Crippen molar-refractivity contribution in [2.45, 2.75) is 0 Å². The van der Waals surface area contributed by atoms with Crippen LogP contribution in [-0.4, -0.2) is 18.9 Å². The molecule has 2 aromatic carbocycles. The zero-order chi connectivity index (χ0) is 12.1. The minimum absolute atomic E-state index is 0.247. The molecule has 0 aliphatic heterocycles. The summed E-state index contributed by atoms with van der Waals surface area (Å²) in [5.74, 6) is 0.764. The quantitative estimate of drug-likeness (QED) is 0.611. The smallest absolute Gasteiger partial charge is 0.298 e. The molecule has 83 valence electrons. The number of ether oxygens (including phenoxy) is 1. The number of carbonyl (C=O) groups excluding carboxylic acids is 1. The molecular weight excluding hydrogens is 215 g/mol. The van der Waals surface area contributed by atoms with Crippen molar-refractivity contribution in [2.24, 2.45) is 0 Å². The van der Waals surface area contributed by atoms with Gasteiger partial charge in [-0.25, -0.2) is 0 Å². The summed E-state index contributed by atoms with van der Waals surface area (Å²) in [4.78, 5) is 10.1. The van der Waals surface area contributed by atoms with Crippen LogP contribution in [0.1, 0.15) is 0 Å². The minimum Gasteiger partial charge on any atom is -0.508 e. The summed E-state index contributed by atoms with van der Waals surface area (Å²) in [5, 5.41) is 9.15. The van der Waals surface area contributed by atoms with Gasteiger partial charge in [0.25, 0.3) is 6.47 Å². The van der Waals surface area contributed by atoms with Crippen LogP contribution in [0.4, 0.5) is 0 Å². The third-order valence-electron chi connectivity index (χ3n) is 2.29. The Kier molecular flexibility index (Phi) is 3.45. The largest absolute Gasteiger partial charge is 0.508 e. The molecule has 0 saturated heterocycles. The number of rotatable bonds is 4. The summed E-state index contributed by atoms with van der Waals surface area (Å²) in [6.45, 7) is 0.401. The molecule has 0 fully saturated rings. The second kappa shape index (κ2) is 5.21. The van der Waals surface area contributed by atoms with Gasteiger partial charge in [0.2, 0.25) is 0 Å². The van der Waals surface area contributed by atoms with E-state index in [1.54, 1.807) is 24.3 Å². The van der Waals surface area contributed by atoms with Gasteiger partial charge in [0.15, 0.2) is 7.28 Å². The number of phenols is 1. The van der Waals surface area contributed by atoms with E-state index in [9.17, 15) is 4.79 Å². The molecule has 1 N–H and O–H groups in total. The average molecular weight is 225 g/mol. The Labute approximate surface area is 99.9 Å². The summed E-state index contributed by atoms with van der Waals surface area (Å²) < 4.78 is 4.70.